The van der Waals surface area contributed by atoms with E-state index in [0.717, 1.165) is 12.0 Å². The Balaban J connectivity index is 1.85. The molecule has 0 spiro atoms. The van der Waals surface area contributed by atoms with Crippen molar-refractivity contribution in [2.75, 3.05) is 13.2 Å². The van der Waals surface area contributed by atoms with Crippen LogP contribution in [0.15, 0.2) is 72.6 Å². The van der Waals surface area contributed by atoms with Crippen LogP contribution < -0.4 is 9.47 Å². The van der Waals surface area contributed by atoms with Crippen LogP contribution in [0.2, 0.25) is 0 Å². The fourth-order valence-electron chi connectivity index (χ4n) is 4.16. The molecule has 0 saturated carbocycles. The number of benzene rings is 2. The van der Waals surface area contributed by atoms with Crippen molar-refractivity contribution in [1.82, 2.24) is 9.88 Å². The van der Waals surface area contributed by atoms with Crippen molar-refractivity contribution in [2.24, 2.45) is 0 Å². The van der Waals surface area contributed by atoms with Crippen molar-refractivity contribution in [2.45, 2.75) is 32.9 Å². The van der Waals surface area contributed by atoms with Crippen LogP contribution in [0, 0.1) is 0 Å². The van der Waals surface area contributed by atoms with Crippen LogP contribution >= 0.6 is 0 Å². The first-order valence-electron chi connectivity index (χ1n) is 11.8. The first-order chi connectivity index (χ1) is 17.4. The number of carbonyl (C=O) groups is 2. The number of carbonyl (C=O) groups excluding carboxylic acids is 2. The van der Waals surface area contributed by atoms with Gasteiger partial charge in [0.2, 0.25) is 0 Å². The molecule has 0 radical (unpaired) electrons. The molecule has 1 aliphatic rings. The van der Waals surface area contributed by atoms with E-state index in [1.54, 1.807) is 67.8 Å². The second kappa shape index (κ2) is 10.9. The normalized spacial score (nSPS) is 16.8. The highest BCUT2D eigenvalue weighted by atomic mass is 16.5. The van der Waals surface area contributed by atoms with Crippen molar-refractivity contribution in [3.05, 3.63) is 89.3 Å². The number of phenols is 1. The Bertz CT molecular complexity index is 1290. The first-order valence-corrected chi connectivity index (χ1v) is 11.8. The van der Waals surface area contributed by atoms with Gasteiger partial charge in [0.05, 0.1) is 24.8 Å². The molecule has 1 unspecified atom stereocenters. The molecule has 3 aromatic rings. The molecule has 1 amide bonds. The third kappa shape index (κ3) is 5.02. The molecule has 1 fully saturated rings. The molecule has 36 heavy (non-hydrogen) atoms. The van der Waals surface area contributed by atoms with Gasteiger partial charge in [-0.15, -0.1) is 0 Å². The van der Waals surface area contributed by atoms with E-state index in [0.29, 0.717) is 30.1 Å². The number of aromatic nitrogens is 1. The lowest BCUT2D eigenvalue weighted by Crippen LogP contribution is -2.29. The third-order valence-corrected chi connectivity index (χ3v) is 5.80. The van der Waals surface area contributed by atoms with Crippen LogP contribution in [0.1, 0.15) is 43.0 Å². The SMILES string of the molecule is CCCOc1cccc(C(O)=C2C(=O)C(=O)N(Cc3cccnc3)C2c2ccc(O)c(OCC)c2)c1. The minimum Gasteiger partial charge on any atom is -0.507 e. The van der Waals surface area contributed by atoms with E-state index in [1.807, 2.05) is 6.92 Å². The highest BCUT2D eigenvalue weighted by Gasteiger charge is 2.46. The summed E-state index contributed by atoms with van der Waals surface area (Å²) in [6.45, 7) is 4.70. The third-order valence-electron chi connectivity index (χ3n) is 5.80. The van der Waals surface area contributed by atoms with Crippen molar-refractivity contribution < 1.29 is 29.3 Å². The van der Waals surface area contributed by atoms with E-state index in [1.165, 1.54) is 11.0 Å². The molecule has 186 valence electrons. The van der Waals surface area contributed by atoms with Gasteiger partial charge in [0.1, 0.15) is 11.5 Å². The summed E-state index contributed by atoms with van der Waals surface area (Å²) in [6.07, 6.45) is 4.06. The van der Waals surface area contributed by atoms with Gasteiger partial charge < -0.3 is 24.6 Å². The Morgan fingerprint density at radius 3 is 2.61 bits per heavy atom. The van der Waals surface area contributed by atoms with Gasteiger partial charge >= 0.3 is 0 Å². The molecular formula is C28H28N2O6. The number of ether oxygens (including phenoxy) is 2. The van der Waals surface area contributed by atoms with Gasteiger partial charge in [-0.05, 0) is 54.8 Å². The Labute approximate surface area is 209 Å². The number of ketones is 1. The summed E-state index contributed by atoms with van der Waals surface area (Å²) in [5.74, 6) is -1.14. The fraction of sp³-hybridized carbons (Fsp3) is 0.250. The zero-order chi connectivity index (χ0) is 25.7. The van der Waals surface area contributed by atoms with E-state index in [9.17, 15) is 19.8 Å². The number of aliphatic hydroxyl groups excluding tert-OH is 1. The predicted octanol–water partition coefficient (Wildman–Crippen LogP) is 4.60. The van der Waals surface area contributed by atoms with Crippen LogP contribution in [0.5, 0.6) is 17.2 Å². The number of hydrogen-bond donors (Lipinski definition) is 2. The number of Topliss-reactive ketones (excluding diaryl/α,β-unsaturated/α-hetero) is 1. The summed E-state index contributed by atoms with van der Waals surface area (Å²) in [6, 6.07) is 14.1. The summed E-state index contributed by atoms with van der Waals surface area (Å²) >= 11 is 0. The van der Waals surface area contributed by atoms with Crippen molar-refractivity contribution in [3.8, 4) is 17.2 Å². The van der Waals surface area contributed by atoms with Gasteiger partial charge in [-0.25, -0.2) is 0 Å². The van der Waals surface area contributed by atoms with E-state index in [4.69, 9.17) is 9.47 Å². The van der Waals surface area contributed by atoms with Crippen LogP contribution in [0.25, 0.3) is 5.76 Å². The average molecular weight is 489 g/mol. The summed E-state index contributed by atoms with van der Waals surface area (Å²) < 4.78 is 11.2. The topological polar surface area (TPSA) is 109 Å². The summed E-state index contributed by atoms with van der Waals surface area (Å²) in [5.41, 5.74) is 1.55. The summed E-state index contributed by atoms with van der Waals surface area (Å²) in [5, 5.41) is 21.5. The lowest BCUT2D eigenvalue weighted by molar-refractivity contribution is -0.140. The molecule has 4 rings (SSSR count). The fourth-order valence-corrected chi connectivity index (χ4v) is 4.16. The maximum absolute atomic E-state index is 13.3. The number of amides is 1. The molecule has 8 heteroatoms. The number of aromatic hydroxyl groups is 1. The van der Waals surface area contributed by atoms with Gasteiger partial charge in [-0.1, -0.05) is 31.2 Å². The van der Waals surface area contributed by atoms with Crippen LogP contribution in [-0.2, 0) is 16.1 Å². The van der Waals surface area contributed by atoms with Crippen LogP contribution in [0.3, 0.4) is 0 Å². The van der Waals surface area contributed by atoms with E-state index in [-0.39, 0.29) is 29.4 Å². The Kier molecular flexibility index (Phi) is 7.53. The Morgan fingerprint density at radius 1 is 1.06 bits per heavy atom. The van der Waals surface area contributed by atoms with Crippen molar-refractivity contribution in [3.63, 3.8) is 0 Å². The maximum atomic E-state index is 13.3. The second-order valence-corrected chi connectivity index (χ2v) is 8.32. The lowest BCUT2D eigenvalue weighted by atomic mass is 9.94. The molecule has 1 saturated heterocycles. The molecule has 0 aliphatic carbocycles. The zero-order valence-corrected chi connectivity index (χ0v) is 20.2. The maximum Gasteiger partial charge on any atom is 0.295 e. The molecule has 1 atom stereocenters. The molecule has 2 heterocycles. The smallest absolute Gasteiger partial charge is 0.295 e. The molecular weight excluding hydrogens is 460 g/mol. The molecule has 8 nitrogen and oxygen atoms in total. The molecule has 1 aliphatic heterocycles. The standard InChI is InChI=1S/C28H28N2O6/c1-3-13-36-21-9-5-8-20(14-21)26(32)24-25(19-10-11-22(31)23(15-19)35-4-2)30(28(34)27(24)33)17-18-7-6-12-29-16-18/h5-12,14-16,25,31-32H,3-4,13,17H2,1-2H3. The summed E-state index contributed by atoms with van der Waals surface area (Å²) in [7, 11) is 0. The van der Waals surface area contributed by atoms with Gasteiger partial charge in [0.25, 0.3) is 11.7 Å². The molecule has 1 aromatic heterocycles. The Morgan fingerprint density at radius 2 is 1.89 bits per heavy atom. The van der Waals surface area contributed by atoms with Gasteiger partial charge in [0.15, 0.2) is 11.5 Å². The number of likely N-dealkylation sites (tertiary alicyclic amines) is 1. The number of aliphatic hydroxyl groups is 1. The minimum atomic E-state index is -0.912. The van der Waals surface area contributed by atoms with Crippen molar-refractivity contribution in [1.29, 1.82) is 0 Å². The Hall–Kier alpha value is -4.33. The highest BCUT2D eigenvalue weighted by Crippen LogP contribution is 2.42. The quantitative estimate of drug-likeness (QED) is 0.257. The van der Waals surface area contributed by atoms with E-state index < -0.39 is 17.7 Å². The van der Waals surface area contributed by atoms with Crippen LogP contribution in [0.4, 0.5) is 0 Å². The van der Waals surface area contributed by atoms with Gasteiger partial charge in [0, 0.05) is 24.5 Å². The minimum absolute atomic E-state index is 0.0512. The predicted molar refractivity (Wildman–Crippen MR) is 134 cm³/mol. The van der Waals surface area contributed by atoms with Crippen LogP contribution in [-0.4, -0.2) is 45.0 Å². The number of hydrogen-bond acceptors (Lipinski definition) is 7. The second-order valence-electron chi connectivity index (χ2n) is 8.32. The first kappa shape index (κ1) is 24.8. The number of phenolic OH excluding ortho intramolecular Hbond substituents is 1. The van der Waals surface area contributed by atoms with Gasteiger partial charge in [-0.2, -0.15) is 0 Å². The number of pyridine rings is 1. The average Bonchev–Trinajstić information content (AvgIpc) is 3.14. The highest BCUT2D eigenvalue weighted by molar-refractivity contribution is 6.46. The lowest BCUT2D eigenvalue weighted by Gasteiger charge is -2.26. The number of nitrogens with zero attached hydrogens (tertiary/aromatic N) is 2. The molecule has 0 bridgehead atoms. The molecule has 2 N–H and O–H groups in total. The molecule has 2 aromatic carbocycles. The van der Waals surface area contributed by atoms with Gasteiger partial charge in [-0.3, -0.25) is 14.6 Å². The monoisotopic (exact) mass is 488 g/mol. The van der Waals surface area contributed by atoms with E-state index in [2.05, 4.69) is 4.98 Å². The largest absolute Gasteiger partial charge is 0.507 e. The zero-order valence-electron chi connectivity index (χ0n) is 20.2. The van der Waals surface area contributed by atoms with Crippen molar-refractivity contribution >= 4 is 17.4 Å². The van der Waals surface area contributed by atoms with E-state index >= 15 is 0 Å². The summed E-state index contributed by atoms with van der Waals surface area (Å²) in [4.78, 5) is 32.0. The number of rotatable bonds is 9.